The predicted molar refractivity (Wildman–Crippen MR) is 228 cm³/mol. The Morgan fingerprint density at radius 1 is 0.589 bits per heavy atom. The Kier molecular flexibility index (Phi) is 35.6. The molecule has 0 aromatic heterocycles. The fourth-order valence-electron chi connectivity index (χ4n) is 6.42. The van der Waals surface area contributed by atoms with E-state index in [2.05, 4.69) is 74.6 Å². The molecule has 1 aliphatic heterocycles. The molecule has 0 aliphatic carbocycles. The third-order valence-electron chi connectivity index (χ3n) is 9.92. The zero-order valence-corrected chi connectivity index (χ0v) is 35.4. The molecule has 1 rings (SSSR count). The summed E-state index contributed by atoms with van der Waals surface area (Å²) in [5.74, 6) is -0.330. The number of carbonyl (C=O) groups excluding carboxylic acids is 1. The first-order valence-electron chi connectivity index (χ1n) is 22.4. The van der Waals surface area contributed by atoms with Crippen molar-refractivity contribution in [2.45, 2.75) is 205 Å². The van der Waals surface area contributed by atoms with Crippen molar-refractivity contribution < 1.29 is 44.2 Å². The molecule has 9 heteroatoms. The van der Waals surface area contributed by atoms with E-state index in [4.69, 9.17) is 18.9 Å². The van der Waals surface area contributed by atoms with Crippen LogP contribution in [0.5, 0.6) is 0 Å². The highest BCUT2D eigenvalue weighted by molar-refractivity contribution is 5.69. The fraction of sp³-hybridized carbons (Fsp3) is 0.766. The van der Waals surface area contributed by atoms with Gasteiger partial charge in [-0.15, -0.1) is 0 Å². The molecule has 56 heavy (non-hydrogen) atoms. The maximum Gasteiger partial charge on any atom is 0.306 e. The van der Waals surface area contributed by atoms with Crippen LogP contribution in [0.1, 0.15) is 168 Å². The monoisotopic (exact) mass is 791 g/mol. The lowest BCUT2D eigenvalue weighted by atomic mass is 9.99. The third-order valence-corrected chi connectivity index (χ3v) is 9.92. The van der Waals surface area contributed by atoms with Gasteiger partial charge in [-0.05, 0) is 77.0 Å². The summed E-state index contributed by atoms with van der Waals surface area (Å²) in [5, 5.41) is 40.1. The Balaban J connectivity index is 2.27. The van der Waals surface area contributed by atoms with E-state index in [1.54, 1.807) is 0 Å². The van der Waals surface area contributed by atoms with Gasteiger partial charge in [-0.25, -0.2) is 0 Å². The first-order chi connectivity index (χ1) is 27.4. The van der Waals surface area contributed by atoms with Gasteiger partial charge in [0.15, 0.2) is 6.29 Å². The number of hydrogen-bond acceptors (Lipinski definition) is 9. The summed E-state index contributed by atoms with van der Waals surface area (Å²) in [4.78, 5) is 12.7. The Bertz CT molecular complexity index is 1040. The van der Waals surface area contributed by atoms with Gasteiger partial charge in [-0.2, -0.15) is 0 Å². The van der Waals surface area contributed by atoms with Crippen LogP contribution < -0.4 is 0 Å². The molecule has 1 aliphatic rings. The summed E-state index contributed by atoms with van der Waals surface area (Å²) in [6.45, 7) is 4.38. The first kappa shape index (κ1) is 51.9. The highest BCUT2D eigenvalue weighted by atomic mass is 16.7. The van der Waals surface area contributed by atoms with Gasteiger partial charge in [0.2, 0.25) is 0 Å². The van der Waals surface area contributed by atoms with E-state index in [1.807, 2.05) is 0 Å². The molecule has 0 saturated carbocycles. The average Bonchev–Trinajstić information content (AvgIpc) is 3.20. The number of allylic oxidation sites excluding steroid dienone is 10. The second-order valence-corrected chi connectivity index (χ2v) is 15.1. The highest BCUT2D eigenvalue weighted by Gasteiger charge is 2.44. The Morgan fingerprint density at radius 3 is 1.66 bits per heavy atom. The molecule has 1 heterocycles. The van der Waals surface area contributed by atoms with Crippen LogP contribution in [0.3, 0.4) is 0 Å². The average molecular weight is 791 g/mol. The normalized spacial score (nSPS) is 21.1. The molecule has 0 aromatic carbocycles. The Labute approximate surface area is 341 Å². The van der Waals surface area contributed by atoms with E-state index < -0.39 is 43.4 Å². The zero-order valence-electron chi connectivity index (χ0n) is 35.4. The van der Waals surface area contributed by atoms with Crippen LogP contribution >= 0.6 is 0 Å². The number of hydrogen-bond donors (Lipinski definition) is 4. The molecule has 9 nitrogen and oxygen atoms in total. The predicted octanol–water partition coefficient (Wildman–Crippen LogP) is 9.91. The van der Waals surface area contributed by atoms with Crippen LogP contribution in [0.2, 0.25) is 0 Å². The number of ether oxygens (including phenoxy) is 4. The molecule has 6 atom stereocenters. The van der Waals surface area contributed by atoms with E-state index in [9.17, 15) is 25.2 Å². The van der Waals surface area contributed by atoms with Gasteiger partial charge in [0.1, 0.15) is 30.5 Å². The quantitative estimate of drug-likeness (QED) is 0.0276. The second kappa shape index (κ2) is 38.4. The number of carbonyl (C=O) groups is 1. The Hall–Kier alpha value is -2.11. The van der Waals surface area contributed by atoms with Gasteiger partial charge in [0.05, 0.1) is 19.8 Å². The van der Waals surface area contributed by atoms with Crippen LogP contribution in [0, 0.1) is 0 Å². The molecule has 1 saturated heterocycles. The summed E-state index contributed by atoms with van der Waals surface area (Å²) >= 11 is 0. The smallest absolute Gasteiger partial charge is 0.306 e. The van der Waals surface area contributed by atoms with E-state index in [0.717, 1.165) is 89.9 Å². The molecule has 6 unspecified atom stereocenters. The van der Waals surface area contributed by atoms with Crippen molar-refractivity contribution in [3.63, 3.8) is 0 Å². The fourth-order valence-corrected chi connectivity index (χ4v) is 6.42. The van der Waals surface area contributed by atoms with Gasteiger partial charge >= 0.3 is 5.97 Å². The highest BCUT2D eigenvalue weighted by Crippen LogP contribution is 2.22. The maximum atomic E-state index is 12.7. The van der Waals surface area contributed by atoms with Crippen LogP contribution in [-0.4, -0.2) is 89.6 Å². The second-order valence-electron chi connectivity index (χ2n) is 15.1. The van der Waals surface area contributed by atoms with Crippen molar-refractivity contribution in [2.24, 2.45) is 0 Å². The van der Waals surface area contributed by atoms with Gasteiger partial charge in [-0.1, -0.05) is 145 Å². The molecule has 0 radical (unpaired) electrons. The molecule has 0 aromatic rings. The standard InChI is InChI=1S/C47H82O9/c1-3-5-7-9-11-13-15-17-18-19-20-21-22-23-25-27-29-31-33-35-37-53-39-41(40-54-47-46(52)45(51)44(50)42(38-48)56-47)55-43(49)36-34-32-30-28-26-24-16-14-12-10-8-6-4-2/h5,7,11,13-14,16-18,20-21,41-42,44-48,50-52H,3-4,6,8-10,12,15,19,22-40H2,1-2H3/b7-5-,13-11-,16-14-,18-17-,21-20-. The van der Waals surface area contributed by atoms with Crippen LogP contribution in [0.4, 0.5) is 0 Å². The molecule has 0 bridgehead atoms. The van der Waals surface area contributed by atoms with Crippen molar-refractivity contribution in [1.29, 1.82) is 0 Å². The molecular weight excluding hydrogens is 709 g/mol. The van der Waals surface area contributed by atoms with Crippen molar-refractivity contribution in [1.82, 2.24) is 0 Å². The largest absolute Gasteiger partial charge is 0.457 e. The minimum Gasteiger partial charge on any atom is -0.457 e. The minimum atomic E-state index is -1.54. The van der Waals surface area contributed by atoms with E-state index in [0.29, 0.717) is 13.0 Å². The minimum absolute atomic E-state index is 0.124. The first-order valence-corrected chi connectivity index (χ1v) is 22.4. The maximum absolute atomic E-state index is 12.7. The topological polar surface area (TPSA) is 135 Å². The van der Waals surface area contributed by atoms with Crippen LogP contribution in [0.15, 0.2) is 60.8 Å². The van der Waals surface area contributed by atoms with Gasteiger partial charge < -0.3 is 39.4 Å². The zero-order chi connectivity index (χ0) is 40.7. The number of aliphatic hydroxyl groups excluding tert-OH is 4. The number of rotatable bonds is 37. The van der Waals surface area contributed by atoms with Crippen molar-refractivity contribution >= 4 is 5.97 Å². The van der Waals surface area contributed by atoms with E-state index >= 15 is 0 Å². The number of esters is 1. The summed E-state index contributed by atoms with van der Waals surface area (Å²) in [6, 6.07) is 0. The van der Waals surface area contributed by atoms with Crippen molar-refractivity contribution in [3.8, 4) is 0 Å². The number of unbranched alkanes of at least 4 members (excludes halogenated alkanes) is 16. The summed E-state index contributed by atoms with van der Waals surface area (Å²) in [6.07, 6.45) is 41.0. The van der Waals surface area contributed by atoms with E-state index in [-0.39, 0.29) is 19.2 Å². The van der Waals surface area contributed by atoms with Crippen LogP contribution in [0.25, 0.3) is 0 Å². The SMILES string of the molecule is CC/C=C\C/C=C\C/C=C\C/C=C\CCCCCCCCCOCC(COC1OC(CO)C(O)C(O)C1O)OC(=O)CCCCCCC/C=C\CCCCCC. The summed E-state index contributed by atoms with van der Waals surface area (Å²) in [7, 11) is 0. The molecule has 0 spiro atoms. The molecular formula is C47H82O9. The van der Waals surface area contributed by atoms with Gasteiger partial charge in [0, 0.05) is 13.0 Å². The molecule has 1 fully saturated rings. The lowest BCUT2D eigenvalue weighted by molar-refractivity contribution is -0.305. The lowest BCUT2D eigenvalue weighted by Gasteiger charge is -2.39. The number of aliphatic hydroxyl groups is 4. The van der Waals surface area contributed by atoms with Gasteiger partial charge in [0.25, 0.3) is 0 Å². The summed E-state index contributed by atoms with van der Waals surface area (Å²) in [5.41, 5.74) is 0. The van der Waals surface area contributed by atoms with E-state index in [1.165, 1.54) is 57.8 Å². The van der Waals surface area contributed by atoms with Crippen molar-refractivity contribution in [3.05, 3.63) is 60.8 Å². The molecule has 4 N–H and O–H groups in total. The van der Waals surface area contributed by atoms with Gasteiger partial charge in [-0.3, -0.25) is 4.79 Å². The third kappa shape index (κ3) is 29.2. The summed E-state index contributed by atoms with van der Waals surface area (Å²) < 4.78 is 22.8. The molecule has 0 amide bonds. The van der Waals surface area contributed by atoms with Crippen molar-refractivity contribution in [2.75, 3.05) is 26.4 Å². The molecule has 324 valence electrons. The lowest BCUT2D eigenvalue weighted by Crippen LogP contribution is -2.59. The Morgan fingerprint density at radius 2 is 1.09 bits per heavy atom. The van der Waals surface area contributed by atoms with Crippen LogP contribution in [-0.2, 0) is 23.7 Å².